The highest BCUT2D eigenvalue weighted by Crippen LogP contribution is 2.11. The molecule has 2 heterocycles. The van der Waals surface area contributed by atoms with Gasteiger partial charge in [0, 0.05) is 30.2 Å². The van der Waals surface area contributed by atoms with Crippen molar-refractivity contribution in [2.45, 2.75) is 6.54 Å². The molecular formula is C10H11N3OS. The molecule has 2 aromatic rings. The molecule has 0 saturated heterocycles. The van der Waals surface area contributed by atoms with Gasteiger partial charge >= 0.3 is 0 Å². The first-order chi connectivity index (χ1) is 7.31. The van der Waals surface area contributed by atoms with Crippen LogP contribution in [0.5, 0.6) is 0 Å². The minimum absolute atomic E-state index is 0.0352. The van der Waals surface area contributed by atoms with E-state index in [1.165, 1.54) is 11.3 Å². The fourth-order valence-electron chi connectivity index (χ4n) is 1.29. The lowest BCUT2D eigenvalue weighted by molar-refractivity contribution is 0.103. The van der Waals surface area contributed by atoms with E-state index in [-0.39, 0.29) is 5.78 Å². The van der Waals surface area contributed by atoms with Crippen LogP contribution in [0.15, 0.2) is 29.4 Å². The number of nitrogens with two attached hydrogens (primary N) is 1. The molecule has 0 atom stereocenters. The SMILES string of the molecule is NCCn1cnc(C(=O)c2ccsc2)c1. The predicted molar refractivity (Wildman–Crippen MR) is 59.0 cm³/mol. The standard InChI is InChI=1S/C10H11N3OS/c11-2-3-13-5-9(12-7-13)10(14)8-1-4-15-6-8/h1,4-7H,2-3,11H2. The lowest BCUT2D eigenvalue weighted by Gasteiger charge is -1.95. The summed E-state index contributed by atoms with van der Waals surface area (Å²) < 4.78 is 1.82. The minimum atomic E-state index is -0.0352. The fraction of sp³-hybridized carbons (Fsp3) is 0.200. The zero-order valence-corrected chi connectivity index (χ0v) is 8.91. The van der Waals surface area contributed by atoms with Crippen LogP contribution in [0.1, 0.15) is 16.1 Å². The summed E-state index contributed by atoms with van der Waals surface area (Å²) in [5, 5.41) is 3.70. The van der Waals surface area contributed by atoms with Gasteiger partial charge in [-0.15, -0.1) is 0 Å². The van der Waals surface area contributed by atoms with Gasteiger partial charge in [-0.2, -0.15) is 11.3 Å². The third kappa shape index (κ3) is 2.14. The summed E-state index contributed by atoms with van der Waals surface area (Å²) in [4.78, 5) is 15.9. The van der Waals surface area contributed by atoms with Gasteiger partial charge in [0.2, 0.25) is 5.78 Å². The molecule has 2 rings (SSSR count). The smallest absolute Gasteiger partial charge is 0.213 e. The first-order valence-electron chi connectivity index (χ1n) is 4.60. The number of rotatable bonds is 4. The van der Waals surface area contributed by atoms with Crippen molar-refractivity contribution in [3.8, 4) is 0 Å². The first kappa shape index (κ1) is 10.1. The average Bonchev–Trinajstić information content (AvgIpc) is 2.87. The summed E-state index contributed by atoms with van der Waals surface area (Å²) in [7, 11) is 0. The molecule has 0 saturated carbocycles. The number of hydrogen-bond donors (Lipinski definition) is 1. The molecule has 0 aromatic carbocycles. The second-order valence-electron chi connectivity index (χ2n) is 3.13. The Kier molecular flexibility index (Phi) is 2.94. The Morgan fingerprint density at radius 3 is 3.13 bits per heavy atom. The highest BCUT2D eigenvalue weighted by Gasteiger charge is 2.11. The number of carbonyl (C=O) groups is 1. The van der Waals surface area contributed by atoms with Crippen molar-refractivity contribution < 1.29 is 4.79 Å². The Bertz CT molecular complexity index is 447. The number of ketones is 1. The number of nitrogens with zero attached hydrogens (tertiary/aromatic N) is 2. The Balaban J connectivity index is 2.19. The summed E-state index contributed by atoms with van der Waals surface area (Å²) in [5.41, 5.74) is 6.58. The normalized spacial score (nSPS) is 10.5. The van der Waals surface area contributed by atoms with E-state index >= 15 is 0 Å². The molecule has 0 bridgehead atoms. The molecule has 0 aliphatic rings. The number of aromatic nitrogens is 2. The Morgan fingerprint density at radius 2 is 2.47 bits per heavy atom. The van der Waals surface area contributed by atoms with E-state index in [0.717, 1.165) is 0 Å². The number of hydrogen-bond acceptors (Lipinski definition) is 4. The molecule has 2 aromatic heterocycles. The van der Waals surface area contributed by atoms with E-state index in [1.807, 2.05) is 15.3 Å². The maximum Gasteiger partial charge on any atom is 0.213 e. The average molecular weight is 221 g/mol. The highest BCUT2D eigenvalue weighted by atomic mass is 32.1. The summed E-state index contributed by atoms with van der Waals surface area (Å²) >= 11 is 1.50. The molecule has 0 unspecified atom stereocenters. The molecule has 4 nitrogen and oxygen atoms in total. The lowest BCUT2D eigenvalue weighted by Crippen LogP contribution is -2.08. The van der Waals surface area contributed by atoms with E-state index < -0.39 is 0 Å². The van der Waals surface area contributed by atoms with Crippen LogP contribution >= 0.6 is 11.3 Å². The molecular weight excluding hydrogens is 210 g/mol. The Morgan fingerprint density at radius 1 is 1.60 bits per heavy atom. The van der Waals surface area contributed by atoms with Crippen molar-refractivity contribution in [2.75, 3.05) is 6.54 Å². The van der Waals surface area contributed by atoms with E-state index in [2.05, 4.69) is 4.98 Å². The van der Waals surface area contributed by atoms with Gasteiger partial charge in [0.15, 0.2) is 0 Å². The van der Waals surface area contributed by atoms with Crippen molar-refractivity contribution in [3.63, 3.8) is 0 Å². The topological polar surface area (TPSA) is 60.9 Å². The number of imidazole rings is 1. The van der Waals surface area contributed by atoms with Crippen LogP contribution in [0, 0.1) is 0 Å². The molecule has 2 N–H and O–H groups in total. The second-order valence-corrected chi connectivity index (χ2v) is 3.91. The van der Waals surface area contributed by atoms with Crippen LogP contribution in [0.25, 0.3) is 0 Å². The van der Waals surface area contributed by atoms with Crippen LogP contribution in [0.2, 0.25) is 0 Å². The molecule has 0 radical (unpaired) electrons. The van der Waals surface area contributed by atoms with Crippen LogP contribution in [0.4, 0.5) is 0 Å². The monoisotopic (exact) mass is 221 g/mol. The molecule has 0 amide bonds. The summed E-state index contributed by atoms with van der Waals surface area (Å²) in [6.45, 7) is 1.23. The van der Waals surface area contributed by atoms with E-state index in [4.69, 9.17) is 5.73 Å². The molecule has 0 aliphatic carbocycles. The van der Waals surface area contributed by atoms with Crippen molar-refractivity contribution in [3.05, 3.63) is 40.6 Å². The van der Waals surface area contributed by atoms with Crippen LogP contribution in [-0.2, 0) is 6.54 Å². The van der Waals surface area contributed by atoms with Crippen molar-refractivity contribution in [1.29, 1.82) is 0 Å². The summed E-state index contributed by atoms with van der Waals surface area (Å²) in [6, 6.07) is 1.80. The fourth-order valence-corrected chi connectivity index (χ4v) is 1.93. The molecule has 0 fully saturated rings. The van der Waals surface area contributed by atoms with Gasteiger partial charge < -0.3 is 10.3 Å². The zero-order chi connectivity index (χ0) is 10.7. The molecule has 0 aliphatic heterocycles. The summed E-state index contributed by atoms with van der Waals surface area (Å²) in [5.74, 6) is -0.0352. The van der Waals surface area contributed by atoms with Crippen LogP contribution < -0.4 is 5.73 Å². The Hall–Kier alpha value is -1.46. The van der Waals surface area contributed by atoms with E-state index in [1.54, 1.807) is 18.6 Å². The number of thiophene rings is 1. The van der Waals surface area contributed by atoms with Crippen molar-refractivity contribution in [2.24, 2.45) is 5.73 Å². The maximum atomic E-state index is 11.8. The van der Waals surface area contributed by atoms with Crippen LogP contribution in [0.3, 0.4) is 0 Å². The highest BCUT2D eigenvalue weighted by molar-refractivity contribution is 7.08. The van der Waals surface area contributed by atoms with Crippen molar-refractivity contribution >= 4 is 17.1 Å². The van der Waals surface area contributed by atoms with Gasteiger partial charge in [-0.05, 0) is 11.4 Å². The summed E-state index contributed by atoms with van der Waals surface area (Å²) in [6.07, 6.45) is 3.36. The molecule has 5 heteroatoms. The van der Waals surface area contributed by atoms with E-state index in [9.17, 15) is 4.79 Å². The van der Waals surface area contributed by atoms with Gasteiger partial charge in [0.1, 0.15) is 5.69 Å². The number of carbonyl (C=O) groups excluding carboxylic acids is 1. The largest absolute Gasteiger partial charge is 0.335 e. The molecule has 0 spiro atoms. The first-order valence-corrected chi connectivity index (χ1v) is 5.54. The van der Waals surface area contributed by atoms with Gasteiger partial charge in [0.25, 0.3) is 0 Å². The van der Waals surface area contributed by atoms with Crippen LogP contribution in [-0.4, -0.2) is 21.9 Å². The zero-order valence-electron chi connectivity index (χ0n) is 8.09. The van der Waals surface area contributed by atoms with Gasteiger partial charge in [-0.3, -0.25) is 4.79 Å². The minimum Gasteiger partial charge on any atom is -0.335 e. The lowest BCUT2D eigenvalue weighted by atomic mass is 10.2. The second kappa shape index (κ2) is 4.37. The molecule has 15 heavy (non-hydrogen) atoms. The quantitative estimate of drug-likeness (QED) is 0.787. The molecule has 78 valence electrons. The van der Waals surface area contributed by atoms with Crippen molar-refractivity contribution in [1.82, 2.24) is 9.55 Å². The third-order valence-corrected chi connectivity index (χ3v) is 2.72. The predicted octanol–water partition coefficient (Wildman–Crippen LogP) is 1.13. The van der Waals surface area contributed by atoms with Gasteiger partial charge in [0.05, 0.1) is 6.33 Å². The maximum absolute atomic E-state index is 11.8. The van der Waals surface area contributed by atoms with E-state index in [0.29, 0.717) is 24.3 Å². The van der Waals surface area contributed by atoms with Gasteiger partial charge in [-0.1, -0.05) is 0 Å². The Labute approximate surface area is 91.4 Å². The third-order valence-electron chi connectivity index (χ3n) is 2.04. The van der Waals surface area contributed by atoms with Gasteiger partial charge in [-0.25, -0.2) is 4.98 Å².